The van der Waals surface area contributed by atoms with Crippen LogP contribution in [-0.2, 0) is 17.6 Å². The predicted octanol–water partition coefficient (Wildman–Crippen LogP) is 4.22. The standard InChI is InChI=1S/C16H14ClFO/c17-16-11-14(18)8-7-13(16)10-15(19)9-6-12-4-2-1-3-5-12/h1-5,7-8,11H,6,9-10H2. The molecule has 0 aromatic heterocycles. The van der Waals surface area contributed by atoms with Crippen molar-refractivity contribution in [3.05, 3.63) is 70.5 Å². The first-order chi connectivity index (χ1) is 9.15. The first-order valence-corrected chi connectivity index (χ1v) is 6.52. The van der Waals surface area contributed by atoms with Crippen LogP contribution >= 0.6 is 11.6 Å². The van der Waals surface area contributed by atoms with E-state index in [2.05, 4.69) is 0 Å². The number of halogens is 2. The van der Waals surface area contributed by atoms with Crippen molar-refractivity contribution < 1.29 is 9.18 Å². The Morgan fingerprint density at radius 2 is 1.84 bits per heavy atom. The van der Waals surface area contributed by atoms with Crippen molar-refractivity contribution >= 4 is 17.4 Å². The summed E-state index contributed by atoms with van der Waals surface area (Å²) in [6.45, 7) is 0. The van der Waals surface area contributed by atoms with Crippen LogP contribution in [0.4, 0.5) is 4.39 Å². The highest BCUT2D eigenvalue weighted by Crippen LogP contribution is 2.18. The normalized spacial score (nSPS) is 10.4. The number of benzene rings is 2. The van der Waals surface area contributed by atoms with E-state index in [9.17, 15) is 9.18 Å². The maximum atomic E-state index is 12.9. The highest BCUT2D eigenvalue weighted by Gasteiger charge is 2.08. The highest BCUT2D eigenvalue weighted by atomic mass is 35.5. The molecular formula is C16H14ClFO. The van der Waals surface area contributed by atoms with E-state index in [-0.39, 0.29) is 18.0 Å². The molecule has 98 valence electrons. The third kappa shape index (κ3) is 4.18. The molecule has 0 fully saturated rings. The molecule has 2 rings (SSSR count). The Kier molecular flexibility index (Phi) is 4.69. The summed E-state index contributed by atoms with van der Waals surface area (Å²) in [5, 5.41) is 0.313. The smallest absolute Gasteiger partial charge is 0.137 e. The number of ketones is 1. The largest absolute Gasteiger partial charge is 0.299 e. The van der Waals surface area contributed by atoms with Gasteiger partial charge < -0.3 is 0 Å². The van der Waals surface area contributed by atoms with Crippen LogP contribution in [0.5, 0.6) is 0 Å². The van der Waals surface area contributed by atoms with E-state index in [0.717, 1.165) is 12.0 Å². The van der Waals surface area contributed by atoms with E-state index < -0.39 is 0 Å². The quantitative estimate of drug-likeness (QED) is 0.799. The maximum absolute atomic E-state index is 12.9. The summed E-state index contributed by atoms with van der Waals surface area (Å²) in [6, 6.07) is 14.0. The first kappa shape index (κ1) is 13.8. The van der Waals surface area contributed by atoms with Crippen LogP contribution in [0.15, 0.2) is 48.5 Å². The minimum atomic E-state index is -0.384. The second-order valence-electron chi connectivity index (χ2n) is 4.44. The van der Waals surface area contributed by atoms with Crippen LogP contribution in [0.3, 0.4) is 0 Å². The number of aryl methyl sites for hydroxylation is 1. The number of hydrogen-bond acceptors (Lipinski definition) is 1. The summed E-state index contributed by atoms with van der Waals surface area (Å²) in [4.78, 5) is 11.9. The van der Waals surface area contributed by atoms with Crippen molar-refractivity contribution in [2.75, 3.05) is 0 Å². The topological polar surface area (TPSA) is 17.1 Å². The number of rotatable bonds is 5. The summed E-state index contributed by atoms with van der Waals surface area (Å²) in [7, 11) is 0. The van der Waals surface area contributed by atoms with E-state index >= 15 is 0 Å². The molecule has 19 heavy (non-hydrogen) atoms. The molecule has 0 heterocycles. The van der Waals surface area contributed by atoms with E-state index in [4.69, 9.17) is 11.6 Å². The average Bonchev–Trinajstić information content (AvgIpc) is 2.41. The third-order valence-electron chi connectivity index (χ3n) is 2.94. The minimum absolute atomic E-state index is 0.109. The second kappa shape index (κ2) is 6.48. The highest BCUT2D eigenvalue weighted by molar-refractivity contribution is 6.31. The average molecular weight is 277 g/mol. The van der Waals surface area contributed by atoms with Crippen LogP contribution in [0, 0.1) is 5.82 Å². The number of hydrogen-bond donors (Lipinski definition) is 0. The zero-order valence-electron chi connectivity index (χ0n) is 10.4. The van der Waals surface area contributed by atoms with Crippen molar-refractivity contribution in [2.45, 2.75) is 19.3 Å². The Morgan fingerprint density at radius 3 is 2.53 bits per heavy atom. The van der Waals surface area contributed by atoms with Crippen LogP contribution in [0.2, 0.25) is 5.02 Å². The van der Waals surface area contributed by atoms with Gasteiger partial charge in [0.25, 0.3) is 0 Å². The van der Waals surface area contributed by atoms with Gasteiger partial charge in [0.05, 0.1) is 0 Å². The predicted molar refractivity (Wildman–Crippen MR) is 74.9 cm³/mol. The van der Waals surface area contributed by atoms with Crippen molar-refractivity contribution in [3.8, 4) is 0 Å². The van der Waals surface area contributed by atoms with Crippen molar-refractivity contribution in [1.82, 2.24) is 0 Å². The number of Topliss-reactive ketones (excluding diaryl/α,β-unsaturated/α-hetero) is 1. The molecule has 2 aromatic carbocycles. The molecular weight excluding hydrogens is 263 g/mol. The molecule has 0 aliphatic heterocycles. The molecule has 3 heteroatoms. The fourth-order valence-electron chi connectivity index (χ4n) is 1.89. The van der Waals surface area contributed by atoms with Crippen molar-refractivity contribution in [2.24, 2.45) is 0 Å². The summed E-state index contributed by atoms with van der Waals surface area (Å²) < 4.78 is 12.9. The Balaban J connectivity index is 1.91. The SMILES string of the molecule is O=C(CCc1ccccc1)Cc1ccc(F)cc1Cl. The molecule has 2 aromatic rings. The molecule has 0 saturated heterocycles. The summed E-state index contributed by atoms with van der Waals surface area (Å²) in [5.74, 6) is -0.275. The van der Waals surface area contributed by atoms with Gasteiger partial charge in [0.2, 0.25) is 0 Å². The van der Waals surface area contributed by atoms with Gasteiger partial charge in [0.15, 0.2) is 0 Å². The lowest BCUT2D eigenvalue weighted by Crippen LogP contribution is -2.05. The van der Waals surface area contributed by atoms with Gasteiger partial charge in [-0.1, -0.05) is 48.0 Å². The molecule has 0 N–H and O–H groups in total. The van der Waals surface area contributed by atoms with Crippen molar-refractivity contribution in [1.29, 1.82) is 0 Å². The molecule has 0 amide bonds. The van der Waals surface area contributed by atoms with Crippen LogP contribution in [-0.4, -0.2) is 5.78 Å². The molecule has 0 aliphatic carbocycles. The zero-order valence-corrected chi connectivity index (χ0v) is 11.2. The second-order valence-corrected chi connectivity index (χ2v) is 4.84. The lowest BCUT2D eigenvalue weighted by Gasteiger charge is -2.04. The van der Waals surface area contributed by atoms with E-state index in [1.807, 2.05) is 30.3 Å². The third-order valence-corrected chi connectivity index (χ3v) is 3.29. The first-order valence-electron chi connectivity index (χ1n) is 6.15. The number of carbonyl (C=O) groups is 1. The molecule has 0 bridgehead atoms. The summed E-state index contributed by atoms with van der Waals surface area (Å²) in [5.41, 5.74) is 1.82. The maximum Gasteiger partial charge on any atom is 0.137 e. The van der Waals surface area contributed by atoms with Crippen LogP contribution in [0.1, 0.15) is 17.5 Å². The fourth-order valence-corrected chi connectivity index (χ4v) is 2.13. The van der Waals surface area contributed by atoms with Gasteiger partial charge in [-0.3, -0.25) is 4.79 Å². The van der Waals surface area contributed by atoms with Crippen molar-refractivity contribution in [3.63, 3.8) is 0 Å². The Morgan fingerprint density at radius 1 is 1.11 bits per heavy atom. The zero-order chi connectivity index (χ0) is 13.7. The lowest BCUT2D eigenvalue weighted by molar-refractivity contribution is -0.118. The van der Waals surface area contributed by atoms with Gasteiger partial charge >= 0.3 is 0 Å². The van der Waals surface area contributed by atoms with Gasteiger partial charge in [-0.15, -0.1) is 0 Å². The molecule has 0 saturated carbocycles. The monoisotopic (exact) mass is 276 g/mol. The Hall–Kier alpha value is -1.67. The Bertz CT molecular complexity index is 566. The fraction of sp³-hybridized carbons (Fsp3) is 0.188. The number of carbonyl (C=O) groups excluding carboxylic acids is 1. The lowest BCUT2D eigenvalue weighted by atomic mass is 10.0. The van der Waals surface area contributed by atoms with Gasteiger partial charge in [0, 0.05) is 17.9 Å². The van der Waals surface area contributed by atoms with Gasteiger partial charge in [0.1, 0.15) is 11.6 Å². The summed E-state index contributed by atoms with van der Waals surface area (Å²) >= 11 is 5.90. The summed E-state index contributed by atoms with van der Waals surface area (Å²) in [6.07, 6.45) is 1.45. The van der Waals surface area contributed by atoms with E-state index in [1.54, 1.807) is 6.07 Å². The van der Waals surface area contributed by atoms with Crippen LogP contribution in [0.25, 0.3) is 0 Å². The van der Waals surface area contributed by atoms with E-state index in [0.29, 0.717) is 17.0 Å². The Labute approximate surface area is 117 Å². The molecule has 0 atom stereocenters. The van der Waals surface area contributed by atoms with Crippen LogP contribution < -0.4 is 0 Å². The molecule has 0 aliphatic rings. The molecule has 1 nitrogen and oxygen atoms in total. The minimum Gasteiger partial charge on any atom is -0.299 e. The molecule has 0 spiro atoms. The molecule has 0 unspecified atom stereocenters. The molecule has 0 radical (unpaired) electrons. The van der Waals surface area contributed by atoms with Gasteiger partial charge in [-0.05, 0) is 29.7 Å². The van der Waals surface area contributed by atoms with Gasteiger partial charge in [-0.2, -0.15) is 0 Å². The van der Waals surface area contributed by atoms with E-state index in [1.165, 1.54) is 12.1 Å². The van der Waals surface area contributed by atoms with Gasteiger partial charge in [-0.25, -0.2) is 4.39 Å².